The monoisotopic (exact) mass is 248 g/mol. The Balaban J connectivity index is 2.82. The molecule has 0 fully saturated rings. The van der Waals surface area contributed by atoms with Crippen LogP contribution in [0.3, 0.4) is 0 Å². The zero-order chi connectivity index (χ0) is 13.4. The number of rotatable bonds is 7. The Bertz CT molecular complexity index is 400. The maximum absolute atomic E-state index is 8.68. The zero-order valence-corrected chi connectivity index (χ0v) is 11.0. The van der Waals surface area contributed by atoms with E-state index >= 15 is 0 Å². The third-order valence-electron chi connectivity index (χ3n) is 2.68. The van der Waals surface area contributed by atoms with Gasteiger partial charge in [-0.15, -0.1) is 0 Å². The molecule has 0 amide bonds. The molecule has 2 N–H and O–H groups in total. The van der Waals surface area contributed by atoms with Crippen LogP contribution in [0.5, 0.6) is 0 Å². The molecule has 1 aromatic heterocycles. The third-order valence-corrected chi connectivity index (χ3v) is 2.68. The van der Waals surface area contributed by atoms with Crippen LogP contribution in [-0.4, -0.2) is 31.8 Å². The second-order valence-electron chi connectivity index (χ2n) is 4.12. The Morgan fingerprint density at radius 3 is 2.94 bits per heavy atom. The van der Waals surface area contributed by atoms with Crippen molar-refractivity contribution in [3.8, 4) is 6.07 Å². The number of methoxy groups -OCH3 is 1. The highest BCUT2D eigenvalue weighted by molar-refractivity contribution is 5.41. The van der Waals surface area contributed by atoms with E-state index in [9.17, 15) is 0 Å². The average Bonchev–Trinajstić information content (AvgIpc) is 2.39. The molecule has 1 unspecified atom stereocenters. The molecule has 1 aromatic rings. The molecule has 0 saturated heterocycles. The molecular weight excluding hydrogens is 228 g/mol. The predicted molar refractivity (Wildman–Crippen MR) is 71.2 cm³/mol. The van der Waals surface area contributed by atoms with Crippen LogP contribution in [-0.2, 0) is 4.74 Å². The SMILES string of the molecule is COCCN(CCC#N)c1cc(C(C)N)ccn1. The van der Waals surface area contributed by atoms with Crippen LogP contribution >= 0.6 is 0 Å². The van der Waals surface area contributed by atoms with E-state index in [-0.39, 0.29) is 6.04 Å². The van der Waals surface area contributed by atoms with Crippen molar-refractivity contribution in [1.82, 2.24) is 4.98 Å². The summed E-state index contributed by atoms with van der Waals surface area (Å²) < 4.78 is 5.07. The molecule has 1 rings (SSSR count). The molecular formula is C13H20N4O. The van der Waals surface area contributed by atoms with E-state index in [1.165, 1.54) is 0 Å². The number of hydrogen-bond donors (Lipinski definition) is 1. The van der Waals surface area contributed by atoms with Crippen LogP contribution in [0.4, 0.5) is 5.82 Å². The van der Waals surface area contributed by atoms with Gasteiger partial charge in [-0.05, 0) is 24.6 Å². The molecule has 0 aliphatic rings. The van der Waals surface area contributed by atoms with Crippen molar-refractivity contribution in [3.63, 3.8) is 0 Å². The molecule has 1 heterocycles. The van der Waals surface area contributed by atoms with Crippen LogP contribution < -0.4 is 10.6 Å². The molecule has 0 spiro atoms. The first-order valence-corrected chi connectivity index (χ1v) is 6.01. The topological polar surface area (TPSA) is 75.2 Å². The molecule has 5 heteroatoms. The lowest BCUT2D eigenvalue weighted by Crippen LogP contribution is -2.29. The Hall–Kier alpha value is -1.64. The minimum Gasteiger partial charge on any atom is -0.383 e. The minimum atomic E-state index is -0.0213. The average molecular weight is 248 g/mol. The lowest BCUT2D eigenvalue weighted by atomic mass is 10.1. The Morgan fingerprint density at radius 2 is 2.33 bits per heavy atom. The van der Waals surface area contributed by atoms with Crippen LogP contribution in [0.15, 0.2) is 18.3 Å². The van der Waals surface area contributed by atoms with Gasteiger partial charge >= 0.3 is 0 Å². The van der Waals surface area contributed by atoms with E-state index < -0.39 is 0 Å². The highest BCUT2D eigenvalue weighted by Crippen LogP contribution is 2.16. The summed E-state index contributed by atoms with van der Waals surface area (Å²) in [5.41, 5.74) is 6.90. The number of anilines is 1. The second-order valence-corrected chi connectivity index (χ2v) is 4.12. The van der Waals surface area contributed by atoms with Gasteiger partial charge in [0.15, 0.2) is 0 Å². The molecule has 0 bridgehead atoms. The van der Waals surface area contributed by atoms with Gasteiger partial charge in [-0.3, -0.25) is 0 Å². The number of nitriles is 1. The summed E-state index contributed by atoms with van der Waals surface area (Å²) >= 11 is 0. The van der Waals surface area contributed by atoms with Gasteiger partial charge in [0.2, 0.25) is 0 Å². The Kier molecular flexibility index (Phi) is 6.12. The van der Waals surface area contributed by atoms with Crippen LogP contribution in [0.1, 0.15) is 24.9 Å². The first-order valence-electron chi connectivity index (χ1n) is 6.01. The Morgan fingerprint density at radius 1 is 1.56 bits per heavy atom. The fraction of sp³-hybridized carbons (Fsp3) is 0.538. The summed E-state index contributed by atoms with van der Waals surface area (Å²) in [6.07, 6.45) is 2.22. The molecule has 0 aliphatic heterocycles. The molecule has 18 heavy (non-hydrogen) atoms. The number of ether oxygens (including phenoxy) is 1. The number of nitrogens with zero attached hydrogens (tertiary/aromatic N) is 3. The molecule has 0 aliphatic carbocycles. The fourth-order valence-electron chi connectivity index (χ4n) is 1.62. The first kappa shape index (κ1) is 14.4. The Labute approximate surface area is 108 Å². The van der Waals surface area contributed by atoms with Gasteiger partial charge in [-0.25, -0.2) is 4.98 Å². The summed E-state index contributed by atoms with van der Waals surface area (Å²) in [5.74, 6) is 0.845. The molecule has 0 saturated carbocycles. The number of pyridine rings is 1. The van der Waals surface area contributed by atoms with E-state index in [0.29, 0.717) is 26.1 Å². The van der Waals surface area contributed by atoms with Crippen LogP contribution in [0.25, 0.3) is 0 Å². The summed E-state index contributed by atoms with van der Waals surface area (Å²) in [5, 5.41) is 8.68. The predicted octanol–water partition coefficient (Wildman–Crippen LogP) is 1.47. The molecule has 1 atom stereocenters. The van der Waals surface area contributed by atoms with E-state index in [4.69, 9.17) is 15.7 Å². The number of nitrogens with two attached hydrogens (primary N) is 1. The van der Waals surface area contributed by atoms with E-state index in [1.807, 2.05) is 24.0 Å². The summed E-state index contributed by atoms with van der Waals surface area (Å²) in [4.78, 5) is 6.37. The van der Waals surface area contributed by atoms with Crippen molar-refractivity contribution in [2.75, 3.05) is 31.7 Å². The van der Waals surface area contributed by atoms with Crippen molar-refractivity contribution < 1.29 is 4.74 Å². The van der Waals surface area contributed by atoms with Crippen molar-refractivity contribution >= 4 is 5.82 Å². The summed E-state index contributed by atoms with van der Waals surface area (Å²) in [7, 11) is 1.66. The van der Waals surface area contributed by atoms with Gasteiger partial charge in [0.25, 0.3) is 0 Å². The molecule has 5 nitrogen and oxygen atoms in total. The van der Waals surface area contributed by atoms with Crippen molar-refractivity contribution in [1.29, 1.82) is 5.26 Å². The third kappa shape index (κ3) is 4.32. The first-order chi connectivity index (χ1) is 8.69. The summed E-state index contributed by atoms with van der Waals surface area (Å²) in [6, 6.07) is 6.01. The van der Waals surface area contributed by atoms with Crippen molar-refractivity contribution in [3.05, 3.63) is 23.9 Å². The lowest BCUT2D eigenvalue weighted by Gasteiger charge is -2.23. The minimum absolute atomic E-state index is 0.0213. The van der Waals surface area contributed by atoms with Crippen molar-refractivity contribution in [2.45, 2.75) is 19.4 Å². The second kappa shape index (κ2) is 7.64. The van der Waals surface area contributed by atoms with E-state index in [1.54, 1.807) is 13.3 Å². The van der Waals surface area contributed by atoms with E-state index in [0.717, 1.165) is 11.4 Å². The quantitative estimate of drug-likeness (QED) is 0.790. The molecule has 98 valence electrons. The van der Waals surface area contributed by atoms with E-state index in [2.05, 4.69) is 11.1 Å². The molecule has 0 aromatic carbocycles. The summed E-state index contributed by atoms with van der Waals surface area (Å²) in [6.45, 7) is 3.91. The standard InChI is InChI=1S/C13H20N4O/c1-11(15)12-4-6-16-13(10-12)17(7-3-5-14)8-9-18-2/h4,6,10-11H,3,7-9,15H2,1-2H3. The largest absolute Gasteiger partial charge is 0.383 e. The maximum Gasteiger partial charge on any atom is 0.128 e. The normalized spacial score (nSPS) is 11.9. The van der Waals surface area contributed by atoms with Gasteiger partial charge in [-0.2, -0.15) is 5.26 Å². The van der Waals surface area contributed by atoms with Gasteiger partial charge in [0.1, 0.15) is 5.82 Å². The van der Waals surface area contributed by atoms with Gasteiger partial charge in [-0.1, -0.05) is 0 Å². The number of aromatic nitrogens is 1. The zero-order valence-electron chi connectivity index (χ0n) is 11.0. The van der Waals surface area contributed by atoms with Crippen molar-refractivity contribution in [2.24, 2.45) is 5.73 Å². The van der Waals surface area contributed by atoms with Gasteiger partial charge in [0, 0.05) is 32.4 Å². The van der Waals surface area contributed by atoms with Gasteiger partial charge < -0.3 is 15.4 Å². The maximum atomic E-state index is 8.68. The molecule has 0 radical (unpaired) electrons. The van der Waals surface area contributed by atoms with Crippen LogP contribution in [0.2, 0.25) is 0 Å². The fourth-order valence-corrected chi connectivity index (χ4v) is 1.62. The lowest BCUT2D eigenvalue weighted by molar-refractivity contribution is 0.205. The number of hydrogen-bond acceptors (Lipinski definition) is 5. The smallest absolute Gasteiger partial charge is 0.128 e. The van der Waals surface area contributed by atoms with Gasteiger partial charge in [0.05, 0.1) is 19.1 Å². The van der Waals surface area contributed by atoms with Crippen LogP contribution in [0, 0.1) is 11.3 Å². The highest BCUT2D eigenvalue weighted by Gasteiger charge is 2.09. The highest BCUT2D eigenvalue weighted by atomic mass is 16.5.